The molecule has 0 aromatic carbocycles. The highest BCUT2D eigenvalue weighted by Crippen LogP contribution is 2.19. The molecule has 0 heterocycles. The van der Waals surface area contributed by atoms with Crippen molar-refractivity contribution in [2.24, 2.45) is 5.92 Å². The zero-order chi connectivity index (χ0) is 12.6. The third kappa shape index (κ3) is 7.73. The normalized spacial score (nSPS) is 14.8. The predicted molar refractivity (Wildman–Crippen MR) is 74.9 cm³/mol. The van der Waals surface area contributed by atoms with Crippen LogP contribution in [0.25, 0.3) is 0 Å². The van der Waals surface area contributed by atoms with Gasteiger partial charge in [-0.1, -0.05) is 12.0 Å². The maximum atomic E-state index is 6.20. The Morgan fingerprint density at radius 1 is 1.38 bits per heavy atom. The van der Waals surface area contributed by atoms with Gasteiger partial charge in [-0.2, -0.15) is 0 Å². The van der Waals surface area contributed by atoms with E-state index in [1.807, 2.05) is 13.0 Å². The van der Waals surface area contributed by atoms with Gasteiger partial charge in [0.15, 0.2) is 8.32 Å². The molecule has 2 unspecified atom stereocenters. The average Bonchev–Trinajstić information content (AvgIpc) is 2.15. The summed E-state index contributed by atoms with van der Waals surface area (Å²) in [6.07, 6.45) is 5.57. The quantitative estimate of drug-likeness (QED) is 0.279. The zero-order valence-corrected chi connectivity index (χ0v) is 12.5. The molecule has 92 valence electrons. The number of unbranched alkanes of at least 4 members (excludes halogenated alkanes) is 1. The van der Waals surface area contributed by atoms with E-state index in [-0.39, 0.29) is 0 Å². The minimum absolute atomic E-state index is 0.291. The third-order valence-electron chi connectivity index (χ3n) is 2.33. The van der Waals surface area contributed by atoms with E-state index in [0.29, 0.717) is 12.0 Å². The lowest BCUT2D eigenvalue weighted by Crippen LogP contribution is -2.35. The van der Waals surface area contributed by atoms with Gasteiger partial charge in [0.05, 0.1) is 6.10 Å². The second kappa shape index (κ2) is 7.70. The van der Waals surface area contributed by atoms with Crippen LogP contribution in [0.1, 0.15) is 33.1 Å². The molecular weight excluding hydrogens is 212 g/mol. The van der Waals surface area contributed by atoms with Crippen molar-refractivity contribution in [1.29, 1.82) is 0 Å². The van der Waals surface area contributed by atoms with E-state index in [0.717, 1.165) is 19.3 Å². The van der Waals surface area contributed by atoms with Crippen molar-refractivity contribution in [2.75, 3.05) is 0 Å². The van der Waals surface area contributed by atoms with Gasteiger partial charge in [-0.05, 0) is 52.8 Å². The van der Waals surface area contributed by atoms with E-state index in [1.54, 1.807) is 0 Å². The van der Waals surface area contributed by atoms with Gasteiger partial charge < -0.3 is 4.43 Å². The zero-order valence-electron chi connectivity index (χ0n) is 11.5. The van der Waals surface area contributed by atoms with Gasteiger partial charge in [-0.15, -0.1) is 12.5 Å². The van der Waals surface area contributed by atoms with E-state index in [4.69, 9.17) is 4.43 Å². The molecule has 0 N–H and O–H groups in total. The molecule has 0 aromatic heterocycles. The summed E-state index contributed by atoms with van der Waals surface area (Å²) in [5.41, 5.74) is 0. The lowest BCUT2D eigenvalue weighted by molar-refractivity contribution is 0.148. The summed E-state index contributed by atoms with van der Waals surface area (Å²) in [6, 6.07) is 0. The largest absolute Gasteiger partial charge is 0.413 e. The first kappa shape index (κ1) is 15.5. The molecule has 0 rings (SSSR count). The fraction of sp³-hybridized carbons (Fsp3) is 0.714. The first-order valence-electron chi connectivity index (χ1n) is 6.11. The average molecular weight is 238 g/mol. The number of hydrogen-bond acceptors (Lipinski definition) is 1. The molecule has 0 aliphatic carbocycles. The van der Waals surface area contributed by atoms with Crippen LogP contribution in [0.2, 0.25) is 19.6 Å². The Morgan fingerprint density at radius 3 is 2.44 bits per heavy atom. The third-order valence-corrected chi connectivity index (χ3v) is 3.34. The minimum atomic E-state index is -1.47. The minimum Gasteiger partial charge on any atom is -0.413 e. The first-order valence-corrected chi connectivity index (χ1v) is 9.52. The standard InChI is InChI=1S/C14H26OSi/c1-7-9-10-12-14(13(3)11-8-2)15-16(4,5)6/h7,13-14H,1,9-10,12H2,2-6H3. The monoisotopic (exact) mass is 238 g/mol. The molecule has 0 aliphatic heterocycles. The molecule has 0 aromatic rings. The second-order valence-corrected chi connectivity index (χ2v) is 9.63. The van der Waals surface area contributed by atoms with Crippen LogP contribution in [0, 0.1) is 17.8 Å². The van der Waals surface area contributed by atoms with Gasteiger partial charge in [-0.3, -0.25) is 0 Å². The number of allylic oxidation sites excluding steroid dienone is 1. The summed E-state index contributed by atoms with van der Waals surface area (Å²) >= 11 is 0. The lowest BCUT2D eigenvalue weighted by Gasteiger charge is -2.28. The summed E-state index contributed by atoms with van der Waals surface area (Å²) in [5.74, 6) is 6.54. The van der Waals surface area contributed by atoms with Gasteiger partial charge in [0, 0.05) is 5.92 Å². The summed E-state index contributed by atoms with van der Waals surface area (Å²) in [4.78, 5) is 0. The van der Waals surface area contributed by atoms with Gasteiger partial charge in [0.2, 0.25) is 0 Å². The highest BCUT2D eigenvalue weighted by Gasteiger charge is 2.24. The Bertz CT molecular complexity index is 254. The Kier molecular flexibility index (Phi) is 7.45. The topological polar surface area (TPSA) is 9.23 Å². The summed E-state index contributed by atoms with van der Waals surface area (Å²) < 4.78 is 6.20. The van der Waals surface area contributed by atoms with Gasteiger partial charge in [0.1, 0.15) is 0 Å². The van der Waals surface area contributed by atoms with E-state index in [2.05, 4.69) is 45.0 Å². The molecule has 0 bridgehead atoms. The van der Waals surface area contributed by atoms with Crippen molar-refractivity contribution in [3.8, 4) is 11.8 Å². The summed E-state index contributed by atoms with van der Waals surface area (Å²) in [5, 5.41) is 0. The molecule has 0 radical (unpaired) electrons. The highest BCUT2D eigenvalue weighted by molar-refractivity contribution is 6.69. The molecule has 1 nitrogen and oxygen atoms in total. The summed E-state index contributed by atoms with van der Waals surface area (Å²) in [6.45, 7) is 14.5. The van der Waals surface area contributed by atoms with Crippen LogP contribution < -0.4 is 0 Å². The van der Waals surface area contributed by atoms with Crippen molar-refractivity contribution in [3.63, 3.8) is 0 Å². The SMILES string of the molecule is C=CCCCC(O[Si](C)(C)C)C(C)C#CC. The van der Waals surface area contributed by atoms with Crippen molar-refractivity contribution in [2.45, 2.75) is 58.9 Å². The highest BCUT2D eigenvalue weighted by atomic mass is 28.4. The van der Waals surface area contributed by atoms with E-state index >= 15 is 0 Å². The van der Waals surface area contributed by atoms with Crippen LogP contribution in [0.15, 0.2) is 12.7 Å². The van der Waals surface area contributed by atoms with Crippen molar-refractivity contribution in [3.05, 3.63) is 12.7 Å². The molecule has 2 heteroatoms. The lowest BCUT2D eigenvalue weighted by atomic mass is 10.0. The Labute approximate surface area is 102 Å². The van der Waals surface area contributed by atoms with E-state index in [9.17, 15) is 0 Å². The maximum Gasteiger partial charge on any atom is 0.184 e. The number of rotatable bonds is 7. The van der Waals surface area contributed by atoms with E-state index < -0.39 is 8.32 Å². The molecular formula is C14H26OSi. The van der Waals surface area contributed by atoms with Gasteiger partial charge in [-0.25, -0.2) is 0 Å². The molecule has 0 saturated carbocycles. The molecule has 0 amide bonds. The Hall–Kier alpha value is -0.523. The first-order chi connectivity index (χ1) is 7.40. The second-order valence-electron chi connectivity index (χ2n) is 5.17. The van der Waals surface area contributed by atoms with Gasteiger partial charge >= 0.3 is 0 Å². The van der Waals surface area contributed by atoms with Crippen LogP contribution in [0.5, 0.6) is 0 Å². The van der Waals surface area contributed by atoms with Crippen LogP contribution in [0.4, 0.5) is 0 Å². The molecule has 0 fully saturated rings. The fourth-order valence-corrected chi connectivity index (χ4v) is 2.88. The van der Waals surface area contributed by atoms with Gasteiger partial charge in [0.25, 0.3) is 0 Å². The molecule has 0 spiro atoms. The van der Waals surface area contributed by atoms with E-state index in [1.165, 1.54) is 0 Å². The Balaban J connectivity index is 4.35. The van der Waals surface area contributed by atoms with Crippen LogP contribution in [0.3, 0.4) is 0 Å². The van der Waals surface area contributed by atoms with Crippen LogP contribution in [-0.2, 0) is 4.43 Å². The number of hydrogen-bond donors (Lipinski definition) is 0. The maximum absolute atomic E-state index is 6.20. The Morgan fingerprint density at radius 2 is 2.00 bits per heavy atom. The van der Waals surface area contributed by atoms with Crippen LogP contribution in [-0.4, -0.2) is 14.4 Å². The molecule has 16 heavy (non-hydrogen) atoms. The summed E-state index contributed by atoms with van der Waals surface area (Å²) in [7, 11) is -1.47. The fourth-order valence-electron chi connectivity index (χ4n) is 1.65. The van der Waals surface area contributed by atoms with Crippen LogP contribution >= 0.6 is 0 Å². The van der Waals surface area contributed by atoms with Crippen molar-refractivity contribution >= 4 is 8.32 Å². The smallest absolute Gasteiger partial charge is 0.184 e. The van der Waals surface area contributed by atoms with Crippen molar-refractivity contribution in [1.82, 2.24) is 0 Å². The van der Waals surface area contributed by atoms with Crippen molar-refractivity contribution < 1.29 is 4.43 Å². The predicted octanol–water partition coefficient (Wildman–Crippen LogP) is 4.22. The molecule has 0 saturated heterocycles. The molecule has 0 aliphatic rings. The molecule has 2 atom stereocenters.